The molecule has 1 amide bonds. The van der Waals surface area contributed by atoms with Gasteiger partial charge in [-0.25, -0.2) is 0 Å². The Morgan fingerprint density at radius 2 is 1.83 bits per heavy atom. The molecule has 4 aromatic rings. The number of para-hydroxylation sites is 2. The van der Waals surface area contributed by atoms with Crippen LogP contribution in [0.25, 0.3) is 11.3 Å². The van der Waals surface area contributed by atoms with Crippen LogP contribution in [-0.4, -0.2) is 45.4 Å². The molecule has 2 atom stereocenters. The van der Waals surface area contributed by atoms with E-state index in [1.165, 1.54) is 0 Å². The van der Waals surface area contributed by atoms with Crippen molar-refractivity contribution < 1.29 is 19.4 Å². The standard InChI is InChI=1S/C28H25N3O4/c32-23-14-5-4-13-22(23)25-24-26(30-29-25)28(33)31(17-21-12-7-15-34-21)27(24)18-8-6-11-20(16-18)35-19-9-2-1-3-10-19/h1-6,8-11,13-14,16,21,27,32H,7,12,15,17H2,(H,29,30)/t21-,27-/m0/s1. The summed E-state index contributed by atoms with van der Waals surface area (Å²) in [5.74, 6) is 1.41. The van der Waals surface area contributed by atoms with Crippen molar-refractivity contribution in [2.45, 2.75) is 25.0 Å². The number of rotatable bonds is 6. The maximum Gasteiger partial charge on any atom is 0.273 e. The van der Waals surface area contributed by atoms with E-state index >= 15 is 0 Å². The van der Waals surface area contributed by atoms with Crippen LogP contribution in [0.2, 0.25) is 0 Å². The third-order valence-corrected chi connectivity index (χ3v) is 6.60. The molecule has 1 saturated heterocycles. The van der Waals surface area contributed by atoms with Gasteiger partial charge in [-0.15, -0.1) is 0 Å². The molecule has 176 valence electrons. The van der Waals surface area contributed by atoms with Gasteiger partial charge in [0.2, 0.25) is 0 Å². The molecule has 0 unspecified atom stereocenters. The van der Waals surface area contributed by atoms with Crippen LogP contribution in [0.1, 0.15) is 40.5 Å². The van der Waals surface area contributed by atoms with E-state index in [-0.39, 0.29) is 17.8 Å². The van der Waals surface area contributed by atoms with Gasteiger partial charge in [-0.2, -0.15) is 5.10 Å². The predicted octanol–water partition coefficient (Wildman–Crippen LogP) is 5.30. The molecule has 2 N–H and O–H groups in total. The molecule has 0 bridgehead atoms. The number of carbonyl (C=O) groups is 1. The summed E-state index contributed by atoms with van der Waals surface area (Å²) in [5.41, 5.74) is 3.26. The van der Waals surface area contributed by atoms with Crippen LogP contribution >= 0.6 is 0 Å². The summed E-state index contributed by atoms with van der Waals surface area (Å²) in [4.78, 5) is 15.4. The van der Waals surface area contributed by atoms with Gasteiger partial charge in [-0.1, -0.05) is 42.5 Å². The van der Waals surface area contributed by atoms with Crippen molar-refractivity contribution in [3.63, 3.8) is 0 Å². The number of benzene rings is 3. The minimum absolute atomic E-state index is 0.00394. The minimum Gasteiger partial charge on any atom is -0.507 e. The molecule has 6 rings (SSSR count). The van der Waals surface area contributed by atoms with Crippen LogP contribution in [0.15, 0.2) is 78.9 Å². The summed E-state index contributed by atoms with van der Waals surface area (Å²) >= 11 is 0. The van der Waals surface area contributed by atoms with Gasteiger partial charge in [0.25, 0.3) is 5.91 Å². The number of ether oxygens (including phenoxy) is 2. The van der Waals surface area contributed by atoms with Gasteiger partial charge in [0.05, 0.1) is 12.1 Å². The van der Waals surface area contributed by atoms with Crippen molar-refractivity contribution in [2.75, 3.05) is 13.2 Å². The number of hydrogen-bond acceptors (Lipinski definition) is 5. The van der Waals surface area contributed by atoms with Crippen molar-refractivity contribution in [2.24, 2.45) is 0 Å². The number of phenols is 1. The summed E-state index contributed by atoms with van der Waals surface area (Å²) in [6.07, 6.45) is 1.91. The Balaban J connectivity index is 1.44. The molecule has 1 aromatic heterocycles. The van der Waals surface area contributed by atoms with Gasteiger partial charge >= 0.3 is 0 Å². The maximum absolute atomic E-state index is 13.6. The second-order valence-corrected chi connectivity index (χ2v) is 8.86. The topological polar surface area (TPSA) is 87.7 Å². The highest BCUT2D eigenvalue weighted by Crippen LogP contribution is 2.45. The molecule has 0 spiro atoms. The number of amides is 1. The van der Waals surface area contributed by atoms with Crippen molar-refractivity contribution in [3.05, 3.63) is 95.7 Å². The first-order valence-corrected chi connectivity index (χ1v) is 11.8. The Labute approximate surface area is 202 Å². The normalized spacial score (nSPS) is 19.2. The van der Waals surface area contributed by atoms with E-state index < -0.39 is 6.04 Å². The molecule has 7 nitrogen and oxygen atoms in total. The molecule has 3 aromatic carbocycles. The second-order valence-electron chi connectivity index (χ2n) is 8.86. The molecule has 0 radical (unpaired) electrons. The number of carbonyl (C=O) groups excluding carboxylic acids is 1. The summed E-state index contributed by atoms with van der Waals surface area (Å²) in [6, 6.07) is 24.0. The third-order valence-electron chi connectivity index (χ3n) is 6.60. The molecule has 7 heteroatoms. The van der Waals surface area contributed by atoms with E-state index in [0.29, 0.717) is 35.9 Å². The lowest BCUT2D eigenvalue weighted by molar-refractivity contribution is 0.0495. The zero-order valence-corrected chi connectivity index (χ0v) is 19.1. The average molecular weight is 468 g/mol. The zero-order chi connectivity index (χ0) is 23.8. The Bertz CT molecular complexity index is 1360. The third kappa shape index (κ3) is 3.94. The van der Waals surface area contributed by atoms with Crippen molar-refractivity contribution >= 4 is 5.91 Å². The lowest BCUT2D eigenvalue weighted by atomic mass is 9.95. The van der Waals surface area contributed by atoms with Crippen LogP contribution in [0, 0.1) is 0 Å². The number of H-pyrrole nitrogens is 1. The van der Waals surface area contributed by atoms with Crippen molar-refractivity contribution in [1.29, 1.82) is 0 Å². The number of phenolic OH excluding ortho intramolecular Hbond substituents is 1. The fraction of sp³-hybridized carbons (Fsp3) is 0.214. The highest BCUT2D eigenvalue weighted by Gasteiger charge is 2.43. The van der Waals surface area contributed by atoms with Gasteiger partial charge in [-0.05, 0) is 54.8 Å². The molecule has 3 heterocycles. The van der Waals surface area contributed by atoms with Gasteiger partial charge < -0.3 is 19.5 Å². The molecule has 0 saturated carbocycles. The van der Waals surface area contributed by atoms with E-state index in [0.717, 1.165) is 29.7 Å². The van der Waals surface area contributed by atoms with E-state index in [1.54, 1.807) is 12.1 Å². The minimum atomic E-state index is -0.394. The fourth-order valence-corrected chi connectivity index (χ4v) is 4.99. The molecule has 35 heavy (non-hydrogen) atoms. The number of nitrogens with one attached hydrogen (secondary N) is 1. The number of aromatic nitrogens is 2. The Hall–Kier alpha value is -4.10. The zero-order valence-electron chi connectivity index (χ0n) is 19.1. The lowest BCUT2D eigenvalue weighted by Gasteiger charge is -2.28. The van der Waals surface area contributed by atoms with Gasteiger partial charge in [0, 0.05) is 24.3 Å². The number of fused-ring (bicyclic) bond motifs is 1. The predicted molar refractivity (Wildman–Crippen MR) is 130 cm³/mol. The fourth-order valence-electron chi connectivity index (χ4n) is 4.99. The SMILES string of the molecule is O=C1c2[nH]nc(-c3ccccc3O)c2[C@H](c2cccc(Oc3ccccc3)c2)N1C[C@@H]1CCCO1. The molecular formula is C28H25N3O4. The van der Waals surface area contributed by atoms with Crippen LogP contribution in [0.4, 0.5) is 0 Å². The van der Waals surface area contributed by atoms with Gasteiger partial charge in [0.1, 0.15) is 28.6 Å². The smallest absolute Gasteiger partial charge is 0.273 e. The van der Waals surface area contributed by atoms with Crippen LogP contribution < -0.4 is 4.74 Å². The molecule has 0 aliphatic carbocycles. The van der Waals surface area contributed by atoms with E-state index in [9.17, 15) is 9.90 Å². The van der Waals surface area contributed by atoms with E-state index in [2.05, 4.69) is 10.2 Å². The van der Waals surface area contributed by atoms with E-state index in [1.807, 2.05) is 71.6 Å². The summed E-state index contributed by atoms with van der Waals surface area (Å²) in [7, 11) is 0. The Kier molecular flexibility index (Phi) is 5.47. The second kappa shape index (κ2) is 8.92. The number of aromatic amines is 1. The lowest BCUT2D eigenvalue weighted by Crippen LogP contribution is -2.36. The summed E-state index contributed by atoms with van der Waals surface area (Å²) < 4.78 is 12.0. The summed E-state index contributed by atoms with van der Waals surface area (Å²) in [5, 5.41) is 18.0. The molecule has 2 aliphatic rings. The van der Waals surface area contributed by atoms with Crippen LogP contribution in [-0.2, 0) is 4.74 Å². The van der Waals surface area contributed by atoms with Crippen molar-refractivity contribution in [3.8, 4) is 28.5 Å². The first-order valence-electron chi connectivity index (χ1n) is 11.8. The molecular weight excluding hydrogens is 442 g/mol. The average Bonchev–Trinajstić information content (AvgIpc) is 3.60. The van der Waals surface area contributed by atoms with Crippen LogP contribution in [0.5, 0.6) is 17.2 Å². The van der Waals surface area contributed by atoms with Gasteiger partial charge in [0.15, 0.2) is 0 Å². The largest absolute Gasteiger partial charge is 0.507 e. The first-order chi connectivity index (χ1) is 17.2. The van der Waals surface area contributed by atoms with E-state index in [4.69, 9.17) is 9.47 Å². The number of nitrogens with zero attached hydrogens (tertiary/aromatic N) is 2. The molecule has 1 fully saturated rings. The first kappa shape index (κ1) is 21.4. The van der Waals surface area contributed by atoms with Crippen molar-refractivity contribution in [1.82, 2.24) is 15.1 Å². The molecule has 2 aliphatic heterocycles. The number of aromatic hydroxyl groups is 1. The highest BCUT2D eigenvalue weighted by molar-refractivity contribution is 6.00. The monoisotopic (exact) mass is 467 g/mol. The Morgan fingerprint density at radius 3 is 2.63 bits per heavy atom. The highest BCUT2D eigenvalue weighted by atomic mass is 16.5. The number of hydrogen-bond donors (Lipinski definition) is 2. The Morgan fingerprint density at radius 1 is 1.03 bits per heavy atom. The summed E-state index contributed by atoms with van der Waals surface area (Å²) in [6.45, 7) is 1.20. The van der Waals surface area contributed by atoms with Crippen LogP contribution in [0.3, 0.4) is 0 Å². The maximum atomic E-state index is 13.6. The van der Waals surface area contributed by atoms with Gasteiger partial charge in [-0.3, -0.25) is 9.89 Å². The quantitative estimate of drug-likeness (QED) is 0.402.